The summed E-state index contributed by atoms with van der Waals surface area (Å²) in [5.74, 6) is 0.196. The van der Waals surface area contributed by atoms with Crippen molar-refractivity contribution in [1.82, 2.24) is 0 Å². The minimum absolute atomic E-state index is 0.196. The van der Waals surface area contributed by atoms with Crippen LogP contribution < -0.4 is 5.32 Å². The number of anilines is 1. The molecule has 0 bridgehead atoms. The van der Waals surface area contributed by atoms with Gasteiger partial charge in [-0.1, -0.05) is 25.3 Å². The van der Waals surface area contributed by atoms with Crippen LogP contribution in [-0.4, -0.2) is 10.7 Å². The van der Waals surface area contributed by atoms with Gasteiger partial charge in [0, 0.05) is 9.37 Å². The topological polar surface area (TPSA) is 29.1 Å². The van der Waals surface area contributed by atoms with E-state index in [2.05, 4.69) is 27.3 Å². The molecule has 1 aliphatic heterocycles. The van der Waals surface area contributed by atoms with Crippen LogP contribution in [0.2, 0.25) is 0 Å². The molecule has 0 saturated heterocycles. The number of fused-ring (bicyclic) bond motifs is 1. The second-order valence-electron chi connectivity index (χ2n) is 4.72. The molecule has 1 aliphatic carbocycles. The number of hydrogen-bond donors (Lipinski definition) is 1. The molecule has 2 nitrogen and oxygen atoms in total. The third-order valence-electron chi connectivity index (χ3n) is 3.59. The predicted octanol–water partition coefficient (Wildman–Crippen LogP) is 4.20. The maximum atomic E-state index is 12.3. The lowest BCUT2D eigenvalue weighted by molar-refractivity contribution is -0.119. The zero-order valence-corrected chi connectivity index (χ0v) is 11.9. The lowest BCUT2D eigenvalue weighted by atomic mass is 9.87. The van der Waals surface area contributed by atoms with Gasteiger partial charge >= 0.3 is 0 Å². The largest absolute Gasteiger partial charge is 0.323 e. The SMILES string of the molecule is O=C1Nc2c(Br)cccc2SC12CCCCC2. The van der Waals surface area contributed by atoms with Crippen LogP contribution in [0, 0.1) is 0 Å². The summed E-state index contributed by atoms with van der Waals surface area (Å²) in [7, 11) is 0. The van der Waals surface area contributed by atoms with Crippen molar-refractivity contribution in [2.75, 3.05) is 5.32 Å². The zero-order chi connectivity index (χ0) is 11.9. The van der Waals surface area contributed by atoms with Crippen LogP contribution in [0.4, 0.5) is 5.69 Å². The summed E-state index contributed by atoms with van der Waals surface area (Å²) in [4.78, 5) is 13.5. The van der Waals surface area contributed by atoms with E-state index < -0.39 is 0 Å². The van der Waals surface area contributed by atoms with Gasteiger partial charge in [0.2, 0.25) is 5.91 Å². The van der Waals surface area contributed by atoms with Gasteiger partial charge in [0.25, 0.3) is 0 Å². The number of amides is 1. The first-order valence-electron chi connectivity index (χ1n) is 6.00. The molecule has 1 spiro atoms. The van der Waals surface area contributed by atoms with E-state index >= 15 is 0 Å². The maximum absolute atomic E-state index is 12.3. The summed E-state index contributed by atoms with van der Waals surface area (Å²) in [6.45, 7) is 0. The summed E-state index contributed by atoms with van der Waals surface area (Å²) in [6, 6.07) is 6.10. The van der Waals surface area contributed by atoms with Crippen LogP contribution in [0.15, 0.2) is 27.6 Å². The van der Waals surface area contributed by atoms with E-state index in [4.69, 9.17) is 0 Å². The van der Waals surface area contributed by atoms with E-state index in [-0.39, 0.29) is 10.7 Å². The number of thioether (sulfide) groups is 1. The van der Waals surface area contributed by atoms with E-state index in [0.29, 0.717) is 0 Å². The first-order chi connectivity index (χ1) is 8.21. The van der Waals surface area contributed by atoms with Gasteiger partial charge in [0.15, 0.2) is 0 Å². The highest BCUT2D eigenvalue weighted by Gasteiger charge is 2.44. The number of carbonyl (C=O) groups is 1. The van der Waals surface area contributed by atoms with Gasteiger partial charge in [-0.3, -0.25) is 4.79 Å². The highest BCUT2D eigenvalue weighted by Crippen LogP contribution is 2.51. The van der Waals surface area contributed by atoms with E-state index in [1.54, 1.807) is 11.8 Å². The summed E-state index contributed by atoms with van der Waals surface area (Å²) in [6.07, 6.45) is 5.62. The monoisotopic (exact) mass is 311 g/mol. The fourth-order valence-corrected chi connectivity index (χ4v) is 4.71. The standard InChI is InChI=1S/C13H14BrNOS/c14-9-5-4-6-10-11(9)15-12(16)13(17-10)7-2-1-3-8-13/h4-6H,1-3,7-8H2,(H,15,16). The Hall–Kier alpha value is -0.480. The Kier molecular flexibility index (Phi) is 2.95. The van der Waals surface area contributed by atoms with Gasteiger partial charge < -0.3 is 5.32 Å². The Morgan fingerprint density at radius 2 is 2.00 bits per heavy atom. The Morgan fingerprint density at radius 1 is 1.24 bits per heavy atom. The molecule has 1 heterocycles. The molecule has 1 aromatic carbocycles. The second-order valence-corrected chi connectivity index (χ2v) is 7.00. The van der Waals surface area contributed by atoms with Crippen LogP contribution in [0.1, 0.15) is 32.1 Å². The average molecular weight is 312 g/mol. The van der Waals surface area contributed by atoms with Gasteiger partial charge in [-0.05, 0) is 40.9 Å². The Labute approximate surface area is 114 Å². The van der Waals surface area contributed by atoms with Crippen LogP contribution >= 0.6 is 27.7 Å². The van der Waals surface area contributed by atoms with Crippen molar-refractivity contribution in [1.29, 1.82) is 0 Å². The van der Waals surface area contributed by atoms with Gasteiger partial charge in [-0.2, -0.15) is 0 Å². The second kappa shape index (κ2) is 4.32. The van der Waals surface area contributed by atoms with Crippen LogP contribution in [-0.2, 0) is 4.79 Å². The molecule has 0 radical (unpaired) electrons. The number of benzene rings is 1. The molecule has 17 heavy (non-hydrogen) atoms. The minimum atomic E-state index is -0.202. The molecular formula is C13H14BrNOS. The Balaban J connectivity index is 2.00. The minimum Gasteiger partial charge on any atom is -0.323 e. The molecular weight excluding hydrogens is 298 g/mol. The summed E-state index contributed by atoms with van der Waals surface area (Å²) in [5.41, 5.74) is 0.943. The van der Waals surface area contributed by atoms with Crippen molar-refractivity contribution in [2.24, 2.45) is 0 Å². The number of hydrogen-bond acceptors (Lipinski definition) is 2. The lowest BCUT2D eigenvalue weighted by Gasteiger charge is -2.39. The van der Waals surface area contributed by atoms with E-state index in [9.17, 15) is 4.79 Å². The van der Waals surface area contributed by atoms with Crippen molar-refractivity contribution in [2.45, 2.75) is 41.7 Å². The van der Waals surface area contributed by atoms with Gasteiger partial charge in [-0.15, -0.1) is 11.8 Å². The van der Waals surface area contributed by atoms with Crippen LogP contribution in [0.5, 0.6) is 0 Å². The third-order valence-corrected chi connectivity index (χ3v) is 5.80. The van der Waals surface area contributed by atoms with Crippen molar-refractivity contribution in [3.63, 3.8) is 0 Å². The van der Waals surface area contributed by atoms with Crippen LogP contribution in [0.25, 0.3) is 0 Å². The molecule has 0 unspecified atom stereocenters. The van der Waals surface area contributed by atoms with E-state index in [0.717, 1.165) is 23.0 Å². The predicted molar refractivity (Wildman–Crippen MR) is 74.4 cm³/mol. The number of rotatable bonds is 0. The normalized spacial score (nSPS) is 22.1. The molecule has 0 aromatic heterocycles. The quantitative estimate of drug-likeness (QED) is 0.778. The highest BCUT2D eigenvalue weighted by atomic mass is 79.9. The smallest absolute Gasteiger partial charge is 0.241 e. The first-order valence-corrected chi connectivity index (χ1v) is 7.61. The lowest BCUT2D eigenvalue weighted by Crippen LogP contribution is -2.44. The van der Waals surface area contributed by atoms with Crippen molar-refractivity contribution in [3.05, 3.63) is 22.7 Å². The Bertz CT molecular complexity index is 468. The summed E-state index contributed by atoms with van der Waals surface area (Å²) < 4.78 is 0.771. The van der Waals surface area contributed by atoms with Crippen molar-refractivity contribution in [3.8, 4) is 0 Å². The Morgan fingerprint density at radius 3 is 2.76 bits per heavy atom. The van der Waals surface area contributed by atoms with Crippen molar-refractivity contribution >= 4 is 39.3 Å². The molecule has 1 amide bonds. The van der Waals surface area contributed by atoms with E-state index in [1.165, 1.54) is 24.2 Å². The average Bonchev–Trinajstić information content (AvgIpc) is 2.33. The molecule has 1 fully saturated rings. The number of para-hydroxylation sites is 1. The first kappa shape index (κ1) is 11.6. The molecule has 1 N–H and O–H groups in total. The zero-order valence-electron chi connectivity index (χ0n) is 9.46. The van der Waals surface area contributed by atoms with Crippen LogP contribution in [0.3, 0.4) is 0 Å². The maximum Gasteiger partial charge on any atom is 0.241 e. The highest BCUT2D eigenvalue weighted by molar-refractivity contribution is 9.10. The number of halogens is 1. The van der Waals surface area contributed by atoms with E-state index in [1.807, 2.05) is 12.1 Å². The number of carbonyl (C=O) groups excluding carboxylic acids is 1. The summed E-state index contributed by atoms with van der Waals surface area (Å²) in [5, 5.41) is 3.08. The fourth-order valence-electron chi connectivity index (χ4n) is 2.65. The summed E-state index contributed by atoms with van der Waals surface area (Å²) >= 11 is 5.25. The third kappa shape index (κ3) is 1.91. The molecule has 0 atom stereocenters. The van der Waals surface area contributed by atoms with Gasteiger partial charge in [-0.25, -0.2) is 0 Å². The molecule has 1 saturated carbocycles. The molecule has 4 heteroatoms. The number of nitrogens with one attached hydrogen (secondary N) is 1. The van der Waals surface area contributed by atoms with Gasteiger partial charge in [0.1, 0.15) is 0 Å². The van der Waals surface area contributed by atoms with Crippen molar-refractivity contribution < 1.29 is 4.79 Å². The fraction of sp³-hybridized carbons (Fsp3) is 0.462. The van der Waals surface area contributed by atoms with Gasteiger partial charge in [0.05, 0.1) is 10.4 Å². The molecule has 90 valence electrons. The molecule has 3 rings (SSSR count). The molecule has 1 aromatic rings. The molecule has 2 aliphatic rings.